The van der Waals surface area contributed by atoms with Gasteiger partial charge in [-0.3, -0.25) is 4.79 Å². The van der Waals surface area contributed by atoms with Gasteiger partial charge in [-0.2, -0.15) is 0 Å². The standard InChI is InChI=1S/C20H32N4OS2/c1-15(2)20-21-16(3)14-18(22-20)23-9-11-24(12-10-23)19(25)7-5-4-6-17-8-13-26-27-17/h14-15,17H,4-13H2,1-3H3. The van der Waals surface area contributed by atoms with E-state index in [2.05, 4.69) is 29.8 Å². The van der Waals surface area contributed by atoms with Crippen molar-refractivity contribution in [2.24, 2.45) is 0 Å². The summed E-state index contributed by atoms with van der Waals surface area (Å²) in [4.78, 5) is 26.1. The maximum absolute atomic E-state index is 12.5. The number of unbranched alkanes of at least 4 members (excludes halogenated alkanes) is 1. The molecule has 1 amide bonds. The Bertz CT molecular complexity index is 626. The Hall–Kier alpha value is -0.950. The Morgan fingerprint density at radius 2 is 2.00 bits per heavy atom. The first kappa shape index (κ1) is 20.8. The van der Waals surface area contributed by atoms with Gasteiger partial charge in [-0.05, 0) is 26.2 Å². The number of aryl methyl sites for hydroxylation is 1. The van der Waals surface area contributed by atoms with Crippen LogP contribution in [0.1, 0.15) is 63.4 Å². The van der Waals surface area contributed by atoms with Crippen molar-refractivity contribution in [3.05, 3.63) is 17.6 Å². The molecule has 0 bridgehead atoms. The molecule has 0 aliphatic carbocycles. The second-order valence-corrected chi connectivity index (χ2v) is 10.6. The third kappa shape index (κ3) is 6.01. The van der Waals surface area contributed by atoms with E-state index in [-0.39, 0.29) is 0 Å². The first-order valence-corrected chi connectivity index (χ1v) is 12.6. The van der Waals surface area contributed by atoms with Crippen LogP contribution in [0.2, 0.25) is 0 Å². The van der Waals surface area contributed by atoms with Crippen LogP contribution in [0.4, 0.5) is 5.82 Å². The summed E-state index contributed by atoms with van der Waals surface area (Å²) in [6, 6.07) is 2.06. The predicted octanol–water partition coefficient (Wildman–Crippen LogP) is 4.27. The van der Waals surface area contributed by atoms with Crippen molar-refractivity contribution < 1.29 is 4.79 Å². The highest BCUT2D eigenvalue weighted by atomic mass is 33.1. The fourth-order valence-electron chi connectivity index (χ4n) is 3.55. The van der Waals surface area contributed by atoms with Crippen molar-refractivity contribution in [3.63, 3.8) is 0 Å². The maximum Gasteiger partial charge on any atom is 0.222 e. The topological polar surface area (TPSA) is 49.3 Å². The smallest absolute Gasteiger partial charge is 0.222 e. The fourth-order valence-corrected chi connectivity index (χ4v) is 6.58. The van der Waals surface area contributed by atoms with E-state index in [1.54, 1.807) is 0 Å². The minimum absolute atomic E-state index is 0.324. The molecule has 0 N–H and O–H groups in total. The summed E-state index contributed by atoms with van der Waals surface area (Å²) in [5.74, 6) is 3.86. The minimum Gasteiger partial charge on any atom is -0.353 e. The number of hydrogen-bond donors (Lipinski definition) is 0. The molecular weight excluding hydrogens is 376 g/mol. The Balaban J connectivity index is 1.42. The van der Waals surface area contributed by atoms with Gasteiger partial charge in [0.05, 0.1) is 0 Å². The molecule has 1 aromatic rings. The van der Waals surface area contributed by atoms with E-state index >= 15 is 0 Å². The Kier molecular flexibility index (Phi) is 7.70. The van der Waals surface area contributed by atoms with E-state index in [4.69, 9.17) is 4.98 Å². The summed E-state index contributed by atoms with van der Waals surface area (Å²) in [7, 11) is 4.03. The molecule has 7 heteroatoms. The van der Waals surface area contributed by atoms with Gasteiger partial charge in [0.15, 0.2) is 0 Å². The van der Waals surface area contributed by atoms with Crippen LogP contribution < -0.4 is 4.90 Å². The molecule has 1 atom stereocenters. The van der Waals surface area contributed by atoms with Gasteiger partial charge >= 0.3 is 0 Å². The van der Waals surface area contributed by atoms with Gasteiger partial charge in [-0.25, -0.2) is 9.97 Å². The first-order chi connectivity index (χ1) is 13.0. The van der Waals surface area contributed by atoms with Crippen LogP contribution in [-0.4, -0.2) is 58.0 Å². The molecule has 0 spiro atoms. The number of piperazine rings is 1. The second-order valence-electron chi connectivity index (χ2n) is 7.82. The minimum atomic E-state index is 0.324. The first-order valence-electron chi connectivity index (χ1n) is 10.2. The number of carbonyl (C=O) groups excluding carboxylic acids is 1. The number of hydrogen-bond acceptors (Lipinski definition) is 6. The Morgan fingerprint density at radius 1 is 1.22 bits per heavy atom. The van der Waals surface area contributed by atoms with E-state index in [9.17, 15) is 4.79 Å². The van der Waals surface area contributed by atoms with Crippen molar-refractivity contribution in [3.8, 4) is 0 Å². The van der Waals surface area contributed by atoms with Gasteiger partial charge in [-0.15, -0.1) is 0 Å². The van der Waals surface area contributed by atoms with Crippen molar-refractivity contribution >= 4 is 33.3 Å². The number of carbonyl (C=O) groups is 1. The van der Waals surface area contributed by atoms with Crippen LogP contribution in [0, 0.1) is 6.92 Å². The normalized spacial score (nSPS) is 20.5. The lowest BCUT2D eigenvalue weighted by Gasteiger charge is -2.35. The summed E-state index contributed by atoms with van der Waals surface area (Å²) >= 11 is 0. The molecule has 3 rings (SSSR count). The largest absolute Gasteiger partial charge is 0.353 e. The molecule has 5 nitrogen and oxygen atoms in total. The van der Waals surface area contributed by atoms with Crippen LogP contribution in [0.5, 0.6) is 0 Å². The van der Waals surface area contributed by atoms with Crippen molar-refractivity contribution in [1.82, 2.24) is 14.9 Å². The molecule has 2 saturated heterocycles. The van der Waals surface area contributed by atoms with Crippen molar-refractivity contribution in [1.29, 1.82) is 0 Å². The van der Waals surface area contributed by atoms with E-state index in [0.717, 1.165) is 55.2 Å². The molecule has 0 saturated carbocycles. The third-order valence-electron chi connectivity index (χ3n) is 5.22. The van der Waals surface area contributed by atoms with Gasteiger partial charge in [0.1, 0.15) is 11.6 Å². The molecule has 2 aliphatic heterocycles. The number of aromatic nitrogens is 2. The highest BCUT2D eigenvalue weighted by Crippen LogP contribution is 2.39. The number of amides is 1. The number of nitrogens with zero attached hydrogens (tertiary/aromatic N) is 4. The van der Waals surface area contributed by atoms with Gasteiger partial charge in [-0.1, -0.05) is 41.9 Å². The van der Waals surface area contributed by atoms with Crippen molar-refractivity contribution in [2.45, 2.75) is 64.0 Å². The lowest BCUT2D eigenvalue weighted by Crippen LogP contribution is -2.49. The monoisotopic (exact) mass is 408 g/mol. The van der Waals surface area contributed by atoms with E-state index in [0.29, 0.717) is 18.2 Å². The highest BCUT2D eigenvalue weighted by Gasteiger charge is 2.23. The zero-order chi connectivity index (χ0) is 19.2. The summed E-state index contributed by atoms with van der Waals surface area (Å²) in [6.45, 7) is 9.59. The average Bonchev–Trinajstić information content (AvgIpc) is 3.18. The number of rotatable bonds is 7. The van der Waals surface area contributed by atoms with Crippen molar-refractivity contribution in [2.75, 3.05) is 36.8 Å². The van der Waals surface area contributed by atoms with E-state index < -0.39 is 0 Å². The van der Waals surface area contributed by atoms with Gasteiger partial charge in [0, 0.05) is 61.3 Å². The SMILES string of the molecule is Cc1cc(N2CCN(C(=O)CCCCC3CCSS3)CC2)nc(C(C)C)n1. The summed E-state index contributed by atoms with van der Waals surface area (Å²) in [6.07, 6.45) is 5.52. The molecule has 3 heterocycles. The zero-order valence-corrected chi connectivity index (χ0v) is 18.4. The molecule has 2 aliphatic rings. The Morgan fingerprint density at radius 3 is 2.67 bits per heavy atom. The van der Waals surface area contributed by atoms with Crippen LogP contribution in [-0.2, 0) is 4.79 Å². The van der Waals surface area contributed by atoms with Crippen LogP contribution in [0.3, 0.4) is 0 Å². The van der Waals surface area contributed by atoms with E-state index in [1.165, 1.54) is 25.0 Å². The second kappa shape index (κ2) is 10.0. The maximum atomic E-state index is 12.5. The van der Waals surface area contributed by atoms with Crippen LogP contribution in [0.15, 0.2) is 6.07 Å². The molecule has 150 valence electrons. The van der Waals surface area contributed by atoms with Gasteiger partial charge in [0.2, 0.25) is 5.91 Å². The molecule has 2 fully saturated rings. The molecule has 0 radical (unpaired) electrons. The molecule has 1 aromatic heterocycles. The third-order valence-corrected chi connectivity index (χ3v) is 8.23. The molecule has 0 aromatic carbocycles. The highest BCUT2D eigenvalue weighted by molar-refractivity contribution is 8.77. The number of anilines is 1. The summed E-state index contributed by atoms with van der Waals surface area (Å²) in [5, 5.41) is 0.820. The summed E-state index contributed by atoms with van der Waals surface area (Å²) in [5.41, 5.74) is 1.01. The molecule has 1 unspecified atom stereocenters. The van der Waals surface area contributed by atoms with Gasteiger partial charge < -0.3 is 9.80 Å². The van der Waals surface area contributed by atoms with Gasteiger partial charge in [0.25, 0.3) is 0 Å². The van der Waals surface area contributed by atoms with Crippen LogP contribution in [0.25, 0.3) is 0 Å². The quantitative estimate of drug-likeness (QED) is 0.496. The predicted molar refractivity (Wildman–Crippen MR) is 117 cm³/mol. The zero-order valence-electron chi connectivity index (χ0n) is 16.8. The lowest BCUT2D eigenvalue weighted by atomic mass is 10.1. The lowest BCUT2D eigenvalue weighted by molar-refractivity contribution is -0.131. The van der Waals surface area contributed by atoms with E-state index in [1.807, 2.05) is 33.4 Å². The average molecular weight is 409 g/mol. The molecule has 27 heavy (non-hydrogen) atoms. The van der Waals surface area contributed by atoms with Crippen LogP contribution >= 0.6 is 21.6 Å². The molecular formula is C20H32N4OS2. The fraction of sp³-hybridized carbons (Fsp3) is 0.750. The summed E-state index contributed by atoms with van der Waals surface area (Å²) < 4.78 is 0. The Labute approximate surface area is 171 Å².